The predicted molar refractivity (Wildman–Crippen MR) is 192 cm³/mol. The first kappa shape index (κ1) is 36.9. The standard InChI is InChI=1S/C38H58N4O4S/c1-5-6-7-8-9-10-11-12-13-14-15-16-17-18-19-24-35(43)45-31(3)46-38(44)42-34-23-21-20-22-33(34)39-36-32(29-30(2)47-36)37(42)41-27-25-40(4)26-28-41/h20-23,29,31H,5-19,24-28H2,1-4H3. The summed E-state index contributed by atoms with van der Waals surface area (Å²) in [5.41, 5.74) is 1.36. The Morgan fingerprint density at radius 2 is 1.40 bits per heavy atom. The number of ether oxygens (including phenoxy) is 2. The number of anilines is 1. The van der Waals surface area contributed by atoms with Crippen molar-refractivity contribution in [1.82, 2.24) is 9.80 Å². The van der Waals surface area contributed by atoms with Gasteiger partial charge < -0.3 is 19.3 Å². The van der Waals surface area contributed by atoms with Gasteiger partial charge >= 0.3 is 12.1 Å². The minimum absolute atomic E-state index is 0.328. The summed E-state index contributed by atoms with van der Waals surface area (Å²) in [6, 6.07) is 9.75. The Morgan fingerprint density at radius 1 is 0.830 bits per heavy atom. The predicted octanol–water partition coefficient (Wildman–Crippen LogP) is 8.43. The third-order valence-electron chi connectivity index (χ3n) is 9.17. The zero-order valence-corrected chi connectivity index (χ0v) is 30.3. The van der Waals surface area contributed by atoms with E-state index in [0.29, 0.717) is 17.8 Å². The minimum Gasteiger partial charge on any atom is -0.425 e. The lowest BCUT2D eigenvalue weighted by atomic mass is 10.0. The first-order valence-electron chi connectivity index (χ1n) is 18.3. The summed E-state index contributed by atoms with van der Waals surface area (Å²) >= 11 is 1.62. The number of hydrogen-bond acceptors (Lipinski definition) is 8. The maximum absolute atomic E-state index is 14.0. The van der Waals surface area contributed by atoms with E-state index in [9.17, 15) is 9.59 Å². The van der Waals surface area contributed by atoms with Gasteiger partial charge in [-0.3, -0.25) is 4.79 Å². The monoisotopic (exact) mass is 666 g/mol. The lowest BCUT2D eigenvalue weighted by Crippen LogP contribution is -2.51. The number of thiophene rings is 1. The van der Waals surface area contributed by atoms with Gasteiger partial charge in [-0.2, -0.15) is 0 Å². The van der Waals surface area contributed by atoms with Crippen molar-refractivity contribution in [2.75, 3.05) is 38.1 Å². The van der Waals surface area contributed by atoms with E-state index in [0.717, 1.165) is 66.0 Å². The maximum atomic E-state index is 14.0. The third kappa shape index (κ3) is 11.6. The summed E-state index contributed by atoms with van der Waals surface area (Å²) in [5.74, 6) is 0.442. The van der Waals surface area contributed by atoms with Crippen LogP contribution in [0.4, 0.5) is 16.2 Å². The minimum atomic E-state index is -1.00. The number of benzene rings is 1. The first-order valence-corrected chi connectivity index (χ1v) is 19.1. The molecule has 2 aliphatic heterocycles. The molecule has 1 aromatic carbocycles. The van der Waals surface area contributed by atoms with Gasteiger partial charge in [-0.25, -0.2) is 14.7 Å². The number of fused-ring (bicyclic) bond motifs is 2. The molecule has 2 aromatic rings. The average Bonchev–Trinajstić information content (AvgIpc) is 3.35. The van der Waals surface area contributed by atoms with Crippen LogP contribution >= 0.6 is 11.3 Å². The van der Waals surface area contributed by atoms with E-state index in [2.05, 4.69) is 36.8 Å². The molecule has 1 fully saturated rings. The molecule has 1 aromatic heterocycles. The van der Waals surface area contributed by atoms with Gasteiger partial charge in [-0.05, 0) is 38.6 Å². The summed E-state index contributed by atoms with van der Waals surface area (Å²) in [6.07, 6.45) is 17.9. The average molecular weight is 667 g/mol. The molecule has 260 valence electrons. The smallest absolute Gasteiger partial charge is 0.423 e. The molecule has 4 rings (SSSR count). The van der Waals surface area contributed by atoms with E-state index in [1.165, 1.54) is 77.0 Å². The zero-order valence-electron chi connectivity index (χ0n) is 29.4. The van der Waals surface area contributed by atoms with Crippen molar-refractivity contribution in [3.05, 3.63) is 45.1 Å². The van der Waals surface area contributed by atoms with Crippen LogP contribution in [-0.4, -0.2) is 61.4 Å². The summed E-state index contributed by atoms with van der Waals surface area (Å²) in [5, 5.41) is 0.919. The number of piperazine rings is 1. The number of amides is 1. The van der Waals surface area contributed by atoms with Crippen LogP contribution in [0.2, 0.25) is 0 Å². The molecule has 0 spiro atoms. The maximum Gasteiger partial charge on any atom is 0.423 e. The van der Waals surface area contributed by atoms with E-state index >= 15 is 0 Å². The highest BCUT2D eigenvalue weighted by Gasteiger charge is 2.33. The summed E-state index contributed by atoms with van der Waals surface area (Å²) in [4.78, 5) is 38.9. The summed E-state index contributed by atoms with van der Waals surface area (Å²) in [7, 11) is 2.11. The molecule has 1 amide bonds. The second kappa shape index (κ2) is 19.8. The van der Waals surface area contributed by atoms with E-state index in [1.807, 2.05) is 24.3 Å². The number of hydrogen-bond donors (Lipinski definition) is 0. The molecule has 9 heteroatoms. The van der Waals surface area contributed by atoms with Gasteiger partial charge in [0.05, 0.1) is 16.6 Å². The number of nitrogens with zero attached hydrogens (tertiary/aromatic N) is 4. The topological polar surface area (TPSA) is 74.7 Å². The SMILES string of the molecule is CCCCCCCCCCCCCCCCCC(=O)OC(C)OC(=O)N1C(N2CCN(C)CC2)=c2cc(C)sc2=Nc2ccccc21. The molecule has 1 saturated heterocycles. The Labute approximate surface area is 286 Å². The van der Waals surface area contributed by atoms with E-state index < -0.39 is 12.4 Å². The molecule has 0 N–H and O–H groups in total. The number of aryl methyl sites for hydroxylation is 1. The molecule has 47 heavy (non-hydrogen) atoms. The fourth-order valence-electron chi connectivity index (χ4n) is 6.46. The van der Waals surface area contributed by atoms with Crippen molar-refractivity contribution in [3.8, 4) is 0 Å². The number of esters is 1. The normalized spacial score (nSPS) is 15.4. The Balaban J connectivity index is 1.22. The molecular formula is C38H58N4O4S. The number of para-hydroxylation sites is 2. The molecule has 3 heterocycles. The zero-order chi connectivity index (χ0) is 33.4. The number of likely N-dealkylation sites (N-methyl/N-ethyl adjacent to an activating group) is 1. The highest BCUT2D eigenvalue weighted by atomic mass is 32.1. The summed E-state index contributed by atoms with van der Waals surface area (Å²) in [6.45, 7) is 9.27. The van der Waals surface area contributed by atoms with Crippen molar-refractivity contribution >= 4 is 40.6 Å². The number of unbranched alkanes of at least 4 members (excludes halogenated alkanes) is 14. The number of carbonyl (C=O) groups excluding carboxylic acids is 2. The molecule has 1 atom stereocenters. The van der Waals surface area contributed by atoms with E-state index in [4.69, 9.17) is 14.5 Å². The van der Waals surface area contributed by atoms with Crippen LogP contribution in [0.1, 0.15) is 121 Å². The van der Waals surface area contributed by atoms with Gasteiger partial charge in [-0.15, -0.1) is 11.3 Å². The van der Waals surface area contributed by atoms with Crippen molar-refractivity contribution < 1.29 is 19.1 Å². The molecule has 0 radical (unpaired) electrons. The third-order valence-corrected chi connectivity index (χ3v) is 10.1. The van der Waals surface area contributed by atoms with Crippen molar-refractivity contribution in [1.29, 1.82) is 0 Å². The van der Waals surface area contributed by atoms with Gasteiger partial charge in [0.15, 0.2) is 0 Å². The van der Waals surface area contributed by atoms with Crippen molar-refractivity contribution in [2.24, 2.45) is 4.99 Å². The molecule has 0 bridgehead atoms. The Hall–Kier alpha value is -2.91. The highest BCUT2D eigenvalue weighted by molar-refractivity contribution is 7.09. The van der Waals surface area contributed by atoms with Gasteiger partial charge in [0.25, 0.3) is 0 Å². The van der Waals surface area contributed by atoms with Crippen molar-refractivity contribution in [2.45, 2.75) is 130 Å². The second-order valence-corrected chi connectivity index (χ2v) is 14.5. The lowest BCUT2D eigenvalue weighted by molar-refractivity contribution is -0.164. The molecule has 0 aliphatic carbocycles. The number of carbonyl (C=O) groups is 2. The van der Waals surface area contributed by atoms with Crippen LogP contribution in [0.25, 0.3) is 5.82 Å². The lowest BCUT2D eigenvalue weighted by Gasteiger charge is -2.39. The number of rotatable bonds is 19. The molecule has 1 unspecified atom stereocenters. The Bertz CT molecular complexity index is 1380. The van der Waals surface area contributed by atoms with Crippen LogP contribution in [0.5, 0.6) is 0 Å². The fourth-order valence-corrected chi connectivity index (χ4v) is 7.34. The molecular weight excluding hydrogens is 609 g/mol. The quantitative estimate of drug-likeness (QED) is 0.0852. The van der Waals surface area contributed by atoms with E-state index in [1.54, 1.807) is 23.2 Å². The van der Waals surface area contributed by atoms with Crippen LogP contribution in [0, 0.1) is 6.92 Å². The highest BCUT2D eigenvalue weighted by Crippen LogP contribution is 2.34. The largest absolute Gasteiger partial charge is 0.425 e. The van der Waals surface area contributed by atoms with E-state index in [-0.39, 0.29) is 5.97 Å². The molecule has 2 aliphatic rings. The van der Waals surface area contributed by atoms with Crippen LogP contribution < -0.4 is 14.8 Å². The van der Waals surface area contributed by atoms with Gasteiger partial charge in [0.2, 0.25) is 6.29 Å². The summed E-state index contributed by atoms with van der Waals surface area (Å²) < 4.78 is 12.2. The second-order valence-electron chi connectivity index (χ2n) is 13.3. The molecule has 0 saturated carbocycles. The van der Waals surface area contributed by atoms with Gasteiger partial charge in [-0.1, -0.05) is 109 Å². The van der Waals surface area contributed by atoms with Crippen LogP contribution in [0.15, 0.2) is 35.3 Å². The first-order chi connectivity index (χ1) is 22.9. The Morgan fingerprint density at radius 3 is 2.02 bits per heavy atom. The van der Waals surface area contributed by atoms with Crippen LogP contribution in [-0.2, 0) is 14.3 Å². The van der Waals surface area contributed by atoms with Gasteiger partial charge in [0, 0.05) is 44.4 Å². The molecule has 8 nitrogen and oxygen atoms in total. The van der Waals surface area contributed by atoms with Gasteiger partial charge in [0.1, 0.15) is 10.5 Å². The Kier molecular flexibility index (Phi) is 15.6. The van der Waals surface area contributed by atoms with Crippen molar-refractivity contribution in [3.63, 3.8) is 0 Å². The van der Waals surface area contributed by atoms with Crippen LogP contribution in [0.3, 0.4) is 0 Å². The fraction of sp³-hybridized carbons (Fsp3) is 0.658.